The lowest BCUT2D eigenvalue weighted by Gasteiger charge is -2.24. The highest BCUT2D eigenvalue weighted by Gasteiger charge is 2.18. The zero-order valence-corrected chi connectivity index (χ0v) is 14.1. The number of hydrogen-bond acceptors (Lipinski definition) is 3. The van der Waals surface area contributed by atoms with E-state index in [2.05, 4.69) is 35.9 Å². The van der Waals surface area contributed by atoms with Crippen LogP contribution in [0.25, 0.3) is 11.3 Å². The molecule has 128 valence electrons. The van der Waals surface area contributed by atoms with E-state index in [4.69, 9.17) is 9.47 Å². The van der Waals surface area contributed by atoms with E-state index in [0.717, 1.165) is 23.2 Å². The lowest BCUT2D eigenvalue weighted by Crippen LogP contribution is -2.30. The molecule has 3 rings (SSSR count). The summed E-state index contributed by atoms with van der Waals surface area (Å²) in [4.78, 5) is 4.37. The molecule has 0 aliphatic carbocycles. The van der Waals surface area contributed by atoms with Gasteiger partial charge in [-0.25, -0.2) is 4.39 Å². The Morgan fingerprint density at radius 2 is 1.92 bits per heavy atom. The van der Waals surface area contributed by atoms with Crippen molar-refractivity contribution in [3.8, 4) is 23.1 Å². The Bertz CT molecular complexity index is 764. The third kappa shape index (κ3) is 4.99. The fraction of sp³-hybridized carbons (Fsp3) is 0.286. The summed E-state index contributed by atoms with van der Waals surface area (Å²) in [6.07, 6.45) is 6.46. The predicted molar refractivity (Wildman–Crippen MR) is 95.1 cm³/mol. The lowest BCUT2D eigenvalue weighted by atomic mass is 10.1. The molecule has 25 heavy (non-hydrogen) atoms. The van der Waals surface area contributed by atoms with Gasteiger partial charge in [0.1, 0.15) is 5.82 Å². The van der Waals surface area contributed by atoms with E-state index in [1.54, 1.807) is 18.3 Å². The average Bonchev–Trinajstić information content (AvgIpc) is 2.67. The van der Waals surface area contributed by atoms with Gasteiger partial charge in [-0.15, -0.1) is 0 Å². The molecule has 0 spiro atoms. The maximum absolute atomic E-state index is 13.0. The summed E-state index contributed by atoms with van der Waals surface area (Å²) in [7, 11) is 0. The Balaban J connectivity index is 1.58. The summed E-state index contributed by atoms with van der Waals surface area (Å²) < 4.78 is 24.2. The average molecular weight is 337 g/mol. The Hall–Kier alpha value is -2.48. The molecule has 1 aliphatic rings. The van der Waals surface area contributed by atoms with Crippen molar-refractivity contribution in [1.82, 2.24) is 4.98 Å². The highest BCUT2D eigenvalue weighted by atomic mass is 19.1. The molecule has 0 amide bonds. The first-order chi connectivity index (χ1) is 12.2. The first-order valence-electron chi connectivity index (χ1n) is 8.38. The minimum Gasteiger partial charge on any atom is -0.341 e. The van der Waals surface area contributed by atoms with Crippen molar-refractivity contribution in [1.29, 1.82) is 0 Å². The van der Waals surface area contributed by atoms with Crippen molar-refractivity contribution in [3.05, 3.63) is 66.1 Å². The van der Waals surface area contributed by atoms with Crippen molar-refractivity contribution >= 4 is 0 Å². The highest BCUT2D eigenvalue weighted by Crippen LogP contribution is 2.17. The van der Waals surface area contributed by atoms with Crippen LogP contribution in [0.5, 0.6) is 0 Å². The molecular weight excluding hydrogens is 317 g/mol. The van der Waals surface area contributed by atoms with Crippen LogP contribution in [0, 0.1) is 23.6 Å². The van der Waals surface area contributed by atoms with E-state index in [0.29, 0.717) is 19.1 Å². The fourth-order valence-corrected chi connectivity index (χ4v) is 2.44. The number of aromatic nitrogens is 1. The highest BCUT2D eigenvalue weighted by molar-refractivity contribution is 5.59. The van der Waals surface area contributed by atoms with Crippen molar-refractivity contribution in [2.45, 2.75) is 19.6 Å². The summed E-state index contributed by atoms with van der Waals surface area (Å²) in [5.41, 5.74) is 2.43. The van der Waals surface area contributed by atoms with Gasteiger partial charge in [0.2, 0.25) is 6.29 Å². The molecule has 2 heterocycles. The second-order valence-corrected chi connectivity index (χ2v) is 5.80. The number of nitrogens with zero attached hydrogens (tertiary/aromatic N) is 1. The molecule has 2 aromatic rings. The number of pyridine rings is 1. The number of halogens is 1. The maximum atomic E-state index is 13.0. The van der Waals surface area contributed by atoms with Crippen molar-refractivity contribution in [2.75, 3.05) is 13.2 Å². The molecule has 1 aromatic carbocycles. The molecule has 0 radical (unpaired) electrons. The molecule has 0 N–H and O–H groups in total. The first-order valence-corrected chi connectivity index (χ1v) is 8.38. The van der Waals surface area contributed by atoms with Gasteiger partial charge in [0.25, 0.3) is 0 Å². The molecule has 1 fully saturated rings. The smallest absolute Gasteiger partial charge is 0.222 e. The number of hydrogen-bond donors (Lipinski definition) is 0. The quantitative estimate of drug-likeness (QED) is 0.621. The summed E-state index contributed by atoms with van der Waals surface area (Å²) >= 11 is 0. The summed E-state index contributed by atoms with van der Waals surface area (Å²) in [6, 6.07) is 10.0. The molecular formula is C21H20FNO2. The van der Waals surface area contributed by atoms with Crippen LogP contribution in [-0.4, -0.2) is 24.5 Å². The first kappa shape index (κ1) is 17.3. The van der Waals surface area contributed by atoms with Crippen LogP contribution in [0.3, 0.4) is 0 Å². The van der Waals surface area contributed by atoms with Crippen molar-refractivity contribution in [2.24, 2.45) is 5.92 Å². The SMILES string of the molecule is CCC=CC1COC(C#Cc2ccc(-c3ccc(F)cc3)nc2)OC1. The Morgan fingerprint density at radius 3 is 2.56 bits per heavy atom. The number of benzene rings is 1. The lowest BCUT2D eigenvalue weighted by molar-refractivity contribution is -0.160. The molecule has 0 atom stereocenters. The fourth-order valence-electron chi connectivity index (χ4n) is 2.44. The standard InChI is InChI=1S/C21H20FNO2/c1-2-3-4-17-14-24-21(25-15-17)12-6-16-5-11-20(23-13-16)18-7-9-19(22)10-8-18/h3-5,7-11,13,17,21H,2,14-15H2,1H3. The molecule has 0 bridgehead atoms. The summed E-state index contributed by atoms with van der Waals surface area (Å²) in [5.74, 6) is 6.04. The minimum atomic E-state index is -0.497. The van der Waals surface area contributed by atoms with Crippen molar-refractivity contribution in [3.63, 3.8) is 0 Å². The molecule has 0 saturated carbocycles. The Morgan fingerprint density at radius 1 is 1.16 bits per heavy atom. The van der Waals surface area contributed by atoms with E-state index < -0.39 is 6.29 Å². The number of rotatable bonds is 3. The summed E-state index contributed by atoms with van der Waals surface area (Å²) in [6.45, 7) is 3.35. The van der Waals surface area contributed by atoms with Gasteiger partial charge < -0.3 is 9.47 Å². The molecule has 4 heteroatoms. The molecule has 0 unspecified atom stereocenters. The molecule has 3 nitrogen and oxygen atoms in total. The topological polar surface area (TPSA) is 31.4 Å². The second kappa shape index (κ2) is 8.57. The van der Waals surface area contributed by atoms with Gasteiger partial charge in [0.15, 0.2) is 0 Å². The van der Waals surface area contributed by atoms with Gasteiger partial charge in [0, 0.05) is 23.2 Å². The van der Waals surface area contributed by atoms with Crippen LogP contribution >= 0.6 is 0 Å². The van der Waals surface area contributed by atoms with Gasteiger partial charge in [-0.3, -0.25) is 4.98 Å². The van der Waals surface area contributed by atoms with E-state index in [9.17, 15) is 4.39 Å². The van der Waals surface area contributed by atoms with Gasteiger partial charge in [0.05, 0.1) is 18.9 Å². The van der Waals surface area contributed by atoms with E-state index >= 15 is 0 Å². The van der Waals surface area contributed by atoms with Crippen LogP contribution in [0.4, 0.5) is 4.39 Å². The van der Waals surface area contributed by atoms with Crippen LogP contribution in [0.2, 0.25) is 0 Å². The Kier molecular flexibility index (Phi) is 5.95. The van der Waals surface area contributed by atoms with E-state index in [1.807, 2.05) is 12.1 Å². The van der Waals surface area contributed by atoms with Gasteiger partial charge in [-0.1, -0.05) is 25.0 Å². The van der Waals surface area contributed by atoms with Crippen molar-refractivity contribution < 1.29 is 13.9 Å². The van der Waals surface area contributed by atoms with Gasteiger partial charge in [-0.2, -0.15) is 0 Å². The van der Waals surface area contributed by atoms with E-state index in [-0.39, 0.29) is 5.82 Å². The molecule has 1 aromatic heterocycles. The normalized spacial score (nSPS) is 20.2. The number of allylic oxidation sites excluding steroid dienone is 1. The second-order valence-electron chi connectivity index (χ2n) is 5.80. The molecule has 1 aliphatic heterocycles. The maximum Gasteiger partial charge on any atom is 0.222 e. The third-order valence-corrected chi connectivity index (χ3v) is 3.81. The third-order valence-electron chi connectivity index (χ3n) is 3.81. The van der Waals surface area contributed by atoms with Crippen LogP contribution in [0.1, 0.15) is 18.9 Å². The summed E-state index contributed by atoms with van der Waals surface area (Å²) in [5, 5.41) is 0. The Labute approximate surface area is 147 Å². The van der Waals surface area contributed by atoms with E-state index in [1.165, 1.54) is 12.1 Å². The van der Waals surface area contributed by atoms with Gasteiger partial charge >= 0.3 is 0 Å². The van der Waals surface area contributed by atoms with Crippen LogP contribution < -0.4 is 0 Å². The number of ether oxygens (including phenoxy) is 2. The largest absolute Gasteiger partial charge is 0.341 e. The van der Waals surface area contributed by atoms with Gasteiger partial charge in [-0.05, 0) is 48.7 Å². The predicted octanol–water partition coefficient (Wildman–Crippen LogP) is 4.19. The zero-order valence-electron chi connectivity index (χ0n) is 14.1. The minimum absolute atomic E-state index is 0.258. The molecule has 1 saturated heterocycles. The van der Waals surface area contributed by atoms with Crippen LogP contribution in [-0.2, 0) is 9.47 Å². The zero-order chi connectivity index (χ0) is 17.5. The van der Waals surface area contributed by atoms with Crippen LogP contribution in [0.15, 0.2) is 54.7 Å². The monoisotopic (exact) mass is 337 g/mol.